The SMILES string of the molecule is NCCCNC(=O)CCC(=O)c1ccc(F)c(F)c1. The molecule has 1 amide bonds. The minimum Gasteiger partial charge on any atom is -0.356 e. The molecule has 6 heteroatoms. The summed E-state index contributed by atoms with van der Waals surface area (Å²) in [4.78, 5) is 23.0. The van der Waals surface area contributed by atoms with E-state index in [2.05, 4.69) is 5.32 Å². The Morgan fingerprint density at radius 1 is 1.16 bits per heavy atom. The third-order valence-electron chi connectivity index (χ3n) is 2.52. The second-order valence-corrected chi connectivity index (χ2v) is 4.04. The molecule has 0 radical (unpaired) electrons. The molecule has 0 bridgehead atoms. The zero-order chi connectivity index (χ0) is 14.3. The molecule has 0 aliphatic rings. The first kappa shape index (κ1) is 15.2. The van der Waals surface area contributed by atoms with Crippen molar-refractivity contribution < 1.29 is 18.4 Å². The average Bonchev–Trinajstić information content (AvgIpc) is 2.39. The van der Waals surface area contributed by atoms with Crippen molar-refractivity contribution in [3.63, 3.8) is 0 Å². The van der Waals surface area contributed by atoms with Gasteiger partial charge in [0, 0.05) is 24.9 Å². The minimum absolute atomic E-state index is 0.0163. The molecule has 1 aromatic rings. The van der Waals surface area contributed by atoms with E-state index in [1.165, 1.54) is 6.07 Å². The highest BCUT2D eigenvalue weighted by Crippen LogP contribution is 2.11. The maximum Gasteiger partial charge on any atom is 0.220 e. The Bertz CT molecular complexity index is 464. The normalized spacial score (nSPS) is 10.3. The molecule has 3 N–H and O–H groups in total. The summed E-state index contributed by atoms with van der Waals surface area (Å²) in [5, 5.41) is 2.61. The monoisotopic (exact) mass is 270 g/mol. The summed E-state index contributed by atoms with van der Waals surface area (Å²) < 4.78 is 25.6. The number of nitrogens with two attached hydrogens (primary N) is 1. The first-order chi connectivity index (χ1) is 9.04. The smallest absolute Gasteiger partial charge is 0.220 e. The Labute approximate surface area is 110 Å². The van der Waals surface area contributed by atoms with Crippen molar-refractivity contribution in [1.29, 1.82) is 0 Å². The van der Waals surface area contributed by atoms with Crippen molar-refractivity contribution in [1.82, 2.24) is 5.32 Å². The van der Waals surface area contributed by atoms with Gasteiger partial charge in [-0.25, -0.2) is 8.78 Å². The molecule has 0 saturated carbocycles. The number of amides is 1. The molecule has 1 aromatic carbocycles. The molecule has 4 nitrogen and oxygen atoms in total. The Kier molecular flexibility index (Phi) is 6.08. The largest absolute Gasteiger partial charge is 0.356 e. The van der Waals surface area contributed by atoms with Crippen molar-refractivity contribution in [3.05, 3.63) is 35.4 Å². The molecule has 104 valence electrons. The number of nitrogens with one attached hydrogen (secondary N) is 1. The topological polar surface area (TPSA) is 72.2 Å². The number of hydrogen-bond acceptors (Lipinski definition) is 3. The molecular formula is C13H16F2N2O2. The van der Waals surface area contributed by atoms with Crippen molar-refractivity contribution in [2.45, 2.75) is 19.3 Å². The van der Waals surface area contributed by atoms with E-state index in [9.17, 15) is 18.4 Å². The number of Topliss-reactive ketones (excluding diaryl/α,β-unsaturated/α-hetero) is 1. The van der Waals surface area contributed by atoms with Crippen LogP contribution in [0.15, 0.2) is 18.2 Å². The van der Waals surface area contributed by atoms with Crippen molar-refractivity contribution in [2.24, 2.45) is 5.73 Å². The second kappa shape index (κ2) is 7.58. The van der Waals surface area contributed by atoms with Gasteiger partial charge >= 0.3 is 0 Å². The lowest BCUT2D eigenvalue weighted by Gasteiger charge is -2.04. The summed E-state index contributed by atoms with van der Waals surface area (Å²) in [6, 6.07) is 2.93. The number of rotatable bonds is 7. The zero-order valence-corrected chi connectivity index (χ0v) is 10.4. The van der Waals surface area contributed by atoms with Crippen LogP contribution in [0.3, 0.4) is 0 Å². The predicted octanol–water partition coefficient (Wildman–Crippen LogP) is 1.39. The molecule has 0 heterocycles. The fourth-order valence-electron chi connectivity index (χ4n) is 1.46. The lowest BCUT2D eigenvalue weighted by Crippen LogP contribution is -2.26. The van der Waals surface area contributed by atoms with E-state index in [0.717, 1.165) is 12.1 Å². The molecule has 0 aromatic heterocycles. The number of carbonyl (C=O) groups excluding carboxylic acids is 2. The lowest BCUT2D eigenvalue weighted by molar-refractivity contribution is -0.121. The van der Waals surface area contributed by atoms with Gasteiger partial charge in [-0.3, -0.25) is 9.59 Å². The van der Waals surface area contributed by atoms with E-state index in [1.54, 1.807) is 0 Å². The summed E-state index contributed by atoms with van der Waals surface area (Å²) in [5.74, 6) is -2.73. The highest BCUT2D eigenvalue weighted by Gasteiger charge is 2.11. The fraction of sp³-hybridized carbons (Fsp3) is 0.385. The number of ketones is 1. The van der Waals surface area contributed by atoms with Crippen molar-refractivity contribution in [3.8, 4) is 0 Å². The Balaban J connectivity index is 2.42. The van der Waals surface area contributed by atoms with Crippen LogP contribution in [-0.2, 0) is 4.79 Å². The Morgan fingerprint density at radius 3 is 2.53 bits per heavy atom. The van der Waals surface area contributed by atoms with E-state index in [4.69, 9.17) is 5.73 Å². The van der Waals surface area contributed by atoms with E-state index >= 15 is 0 Å². The molecule has 19 heavy (non-hydrogen) atoms. The van der Waals surface area contributed by atoms with Crippen LogP contribution < -0.4 is 11.1 Å². The molecular weight excluding hydrogens is 254 g/mol. The Hall–Kier alpha value is -1.82. The lowest BCUT2D eigenvalue weighted by atomic mass is 10.1. The first-order valence-electron chi connectivity index (χ1n) is 5.99. The molecule has 0 atom stereocenters. The molecule has 0 spiro atoms. The van der Waals surface area contributed by atoms with Gasteiger partial charge in [-0.15, -0.1) is 0 Å². The second-order valence-electron chi connectivity index (χ2n) is 4.04. The van der Waals surface area contributed by atoms with Crippen molar-refractivity contribution >= 4 is 11.7 Å². The maximum atomic E-state index is 12.9. The van der Waals surface area contributed by atoms with Gasteiger partial charge in [-0.1, -0.05) is 0 Å². The van der Waals surface area contributed by atoms with Crippen LogP contribution >= 0.6 is 0 Å². The van der Waals surface area contributed by atoms with Crippen LogP contribution in [0.4, 0.5) is 8.78 Å². The minimum atomic E-state index is -1.07. The molecule has 0 unspecified atom stereocenters. The van der Waals surface area contributed by atoms with Crippen LogP contribution in [0.25, 0.3) is 0 Å². The summed E-state index contributed by atoms with van der Waals surface area (Å²) in [5.41, 5.74) is 5.33. The van der Waals surface area contributed by atoms with Gasteiger partial charge in [-0.2, -0.15) is 0 Å². The van der Waals surface area contributed by atoms with E-state index in [-0.39, 0.29) is 24.3 Å². The third kappa shape index (κ3) is 5.13. The van der Waals surface area contributed by atoms with Crippen LogP contribution in [0.5, 0.6) is 0 Å². The molecule has 0 aliphatic heterocycles. The van der Waals surface area contributed by atoms with Gasteiger partial charge in [0.05, 0.1) is 0 Å². The number of hydrogen-bond donors (Lipinski definition) is 2. The summed E-state index contributed by atoms with van der Waals surface area (Å²) in [7, 11) is 0. The summed E-state index contributed by atoms with van der Waals surface area (Å²) in [6.45, 7) is 0.947. The first-order valence-corrected chi connectivity index (χ1v) is 5.99. The van der Waals surface area contributed by atoms with Crippen LogP contribution in [-0.4, -0.2) is 24.8 Å². The zero-order valence-electron chi connectivity index (χ0n) is 10.4. The average molecular weight is 270 g/mol. The molecule has 0 fully saturated rings. The Morgan fingerprint density at radius 2 is 1.89 bits per heavy atom. The number of halogens is 2. The van der Waals surface area contributed by atoms with E-state index in [1.807, 2.05) is 0 Å². The molecule has 1 rings (SSSR count). The predicted molar refractivity (Wildman–Crippen MR) is 66.6 cm³/mol. The number of benzene rings is 1. The van der Waals surface area contributed by atoms with Crippen molar-refractivity contribution in [2.75, 3.05) is 13.1 Å². The maximum absolute atomic E-state index is 12.9. The van der Waals surface area contributed by atoms with Crippen LogP contribution in [0.1, 0.15) is 29.6 Å². The van der Waals surface area contributed by atoms with Gasteiger partial charge < -0.3 is 11.1 Å². The summed E-state index contributed by atoms with van der Waals surface area (Å²) >= 11 is 0. The fourth-order valence-corrected chi connectivity index (χ4v) is 1.46. The molecule has 0 aliphatic carbocycles. The van der Waals surface area contributed by atoms with Gasteiger partial charge in [0.15, 0.2) is 17.4 Å². The quantitative estimate of drug-likeness (QED) is 0.581. The summed E-state index contributed by atoms with van der Waals surface area (Å²) in [6.07, 6.45) is 0.644. The van der Waals surface area contributed by atoms with Gasteiger partial charge in [-0.05, 0) is 31.2 Å². The highest BCUT2D eigenvalue weighted by molar-refractivity contribution is 5.97. The third-order valence-corrected chi connectivity index (χ3v) is 2.52. The molecule has 0 saturated heterocycles. The van der Waals surface area contributed by atoms with Gasteiger partial charge in [0.25, 0.3) is 0 Å². The van der Waals surface area contributed by atoms with E-state index in [0.29, 0.717) is 19.5 Å². The van der Waals surface area contributed by atoms with Crippen LogP contribution in [0, 0.1) is 11.6 Å². The van der Waals surface area contributed by atoms with Gasteiger partial charge in [0.2, 0.25) is 5.91 Å². The standard InChI is InChI=1S/C13H16F2N2O2/c14-10-3-2-9(8-11(10)15)12(18)4-5-13(19)17-7-1-6-16/h2-3,8H,1,4-7,16H2,(H,17,19). The number of carbonyl (C=O) groups is 2. The van der Waals surface area contributed by atoms with Gasteiger partial charge in [0.1, 0.15) is 0 Å². The van der Waals surface area contributed by atoms with Crippen LogP contribution in [0.2, 0.25) is 0 Å². The highest BCUT2D eigenvalue weighted by atomic mass is 19.2. The van der Waals surface area contributed by atoms with E-state index < -0.39 is 17.4 Å².